The van der Waals surface area contributed by atoms with Crippen LogP contribution in [0.5, 0.6) is 5.75 Å². The third-order valence-corrected chi connectivity index (χ3v) is 5.81. The van der Waals surface area contributed by atoms with Gasteiger partial charge in [0.05, 0.1) is 4.90 Å². The molecule has 1 heterocycles. The lowest BCUT2D eigenvalue weighted by Crippen LogP contribution is -2.35. The minimum atomic E-state index is -1.46. The van der Waals surface area contributed by atoms with Crippen LogP contribution < -0.4 is 20.2 Å². The minimum Gasteiger partial charge on any atom is -0.483 e. The Morgan fingerprint density at radius 3 is 2.31 bits per heavy atom. The number of nitrogens with one attached hydrogen (secondary N) is 2. The number of rotatable bonds is 9. The summed E-state index contributed by atoms with van der Waals surface area (Å²) in [6, 6.07) is 19.7. The minimum absolute atomic E-state index is 0.0116. The number of carbonyl (C=O) groups excluding carboxylic acids is 1. The van der Waals surface area contributed by atoms with Crippen molar-refractivity contribution in [2.45, 2.75) is 37.9 Å². The van der Waals surface area contributed by atoms with Gasteiger partial charge < -0.3 is 14.6 Å². The molecular weight excluding hydrogens is 426 g/mol. The van der Waals surface area contributed by atoms with Crippen LogP contribution in [0.3, 0.4) is 0 Å². The van der Waals surface area contributed by atoms with Crippen molar-refractivity contribution in [3.05, 3.63) is 93.9 Å². The lowest BCUT2D eigenvalue weighted by Gasteiger charge is -2.19. The fraction of sp³-hybridized carbons (Fsp3) is 0.250. The van der Waals surface area contributed by atoms with Gasteiger partial charge in [-0.05, 0) is 31.5 Å². The summed E-state index contributed by atoms with van der Waals surface area (Å²) in [6.45, 7) is 3.98. The second kappa shape index (κ2) is 10.9. The van der Waals surface area contributed by atoms with Gasteiger partial charge in [-0.25, -0.2) is 8.93 Å². The summed E-state index contributed by atoms with van der Waals surface area (Å²) in [6.07, 6.45) is 0. The molecule has 168 valence electrons. The SMILES string of the molecule is CC(C)NC(=O)c1c(OCc2ccccc2)c(=O)cc(CNS(=O)c2ccccc2)n1C. The van der Waals surface area contributed by atoms with Crippen LogP contribution in [0.2, 0.25) is 0 Å². The highest BCUT2D eigenvalue weighted by atomic mass is 32.2. The topological polar surface area (TPSA) is 89.4 Å². The van der Waals surface area contributed by atoms with Crippen molar-refractivity contribution < 1.29 is 13.7 Å². The maximum atomic E-state index is 12.9. The van der Waals surface area contributed by atoms with E-state index in [1.54, 1.807) is 35.9 Å². The molecule has 0 spiro atoms. The van der Waals surface area contributed by atoms with Crippen LogP contribution >= 0.6 is 0 Å². The molecule has 7 nitrogen and oxygen atoms in total. The Labute approximate surface area is 190 Å². The number of hydrogen-bond donors (Lipinski definition) is 2. The van der Waals surface area contributed by atoms with Crippen LogP contribution in [0.15, 0.2) is 76.4 Å². The molecule has 0 bridgehead atoms. The van der Waals surface area contributed by atoms with E-state index in [2.05, 4.69) is 10.0 Å². The molecule has 3 rings (SSSR count). The van der Waals surface area contributed by atoms with Gasteiger partial charge in [-0.1, -0.05) is 48.5 Å². The summed E-state index contributed by atoms with van der Waals surface area (Å²) >= 11 is 0. The van der Waals surface area contributed by atoms with E-state index in [-0.39, 0.29) is 30.6 Å². The van der Waals surface area contributed by atoms with Gasteiger partial charge in [0.15, 0.2) is 11.4 Å². The second-order valence-electron chi connectivity index (χ2n) is 7.54. The molecule has 1 aromatic heterocycles. The Balaban J connectivity index is 1.90. The molecule has 0 aliphatic rings. The Kier molecular flexibility index (Phi) is 7.97. The fourth-order valence-electron chi connectivity index (χ4n) is 3.12. The first kappa shape index (κ1) is 23.4. The first-order valence-corrected chi connectivity index (χ1v) is 11.4. The molecular formula is C24H27N3O4S. The van der Waals surface area contributed by atoms with E-state index in [0.29, 0.717) is 10.6 Å². The third-order valence-electron chi connectivity index (χ3n) is 4.71. The van der Waals surface area contributed by atoms with Crippen molar-refractivity contribution >= 4 is 16.9 Å². The van der Waals surface area contributed by atoms with Crippen molar-refractivity contribution in [2.75, 3.05) is 0 Å². The summed E-state index contributed by atoms with van der Waals surface area (Å²) < 4.78 is 22.8. The molecule has 8 heteroatoms. The highest BCUT2D eigenvalue weighted by Gasteiger charge is 2.22. The first-order chi connectivity index (χ1) is 15.4. The molecule has 0 aliphatic heterocycles. The quantitative estimate of drug-likeness (QED) is 0.521. The lowest BCUT2D eigenvalue weighted by molar-refractivity contribution is 0.0927. The number of ether oxygens (including phenoxy) is 1. The van der Waals surface area contributed by atoms with Crippen molar-refractivity contribution in [2.24, 2.45) is 7.05 Å². The Bertz CT molecular complexity index is 1150. The summed E-state index contributed by atoms with van der Waals surface area (Å²) in [4.78, 5) is 26.5. The van der Waals surface area contributed by atoms with Crippen LogP contribution in [0.25, 0.3) is 0 Å². The maximum Gasteiger partial charge on any atom is 0.272 e. The standard InChI is InChI=1S/C24H27N3O4S/c1-17(2)26-24(29)22-23(31-16-18-10-6-4-7-11-18)21(28)14-19(27(22)3)15-25-32(30)20-12-8-5-9-13-20/h4-14,17,25H,15-16H2,1-3H3,(H,26,29). The van der Waals surface area contributed by atoms with Crippen LogP contribution in [-0.4, -0.2) is 20.7 Å². The molecule has 2 aromatic carbocycles. The molecule has 1 unspecified atom stereocenters. The molecule has 0 saturated heterocycles. The zero-order valence-corrected chi connectivity index (χ0v) is 19.1. The highest BCUT2D eigenvalue weighted by molar-refractivity contribution is 7.83. The van der Waals surface area contributed by atoms with E-state index >= 15 is 0 Å². The molecule has 0 aliphatic carbocycles. The molecule has 0 saturated carbocycles. The van der Waals surface area contributed by atoms with Gasteiger partial charge in [-0.2, -0.15) is 0 Å². The average molecular weight is 454 g/mol. The number of benzene rings is 2. The number of hydrogen-bond acceptors (Lipinski definition) is 4. The van der Waals surface area contributed by atoms with Crippen molar-refractivity contribution in [3.63, 3.8) is 0 Å². The fourth-order valence-corrected chi connectivity index (χ4v) is 3.97. The Morgan fingerprint density at radius 2 is 1.69 bits per heavy atom. The van der Waals surface area contributed by atoms with Gasteiger partial charge >= 0.3 is 0 Å². The first-order valence-electron chi connectivity index (χ1n) is 10.3. The summed E-state index contributed by atoms with van der Waals surface area (Å²) in [5, 5.41) is 2.82. The van der Waals surface area contributed by atoms with E-state index < -0.39 is 22.3 Å². The van der Waals surface area contributed by atoms with Crippen molar-refractivity contribution in [1.82, 2.24) is 14.6 Å². The van der Waals surface area contributed by atoms with Crippen LogP contribution in [0, 0.1) is 0 Å². The lowest BCUT2D eigenvalue weighted by atomic mass is 10.2. The van der Waals surface area contributed by atoms with Crippen molar-refractivity contribution in [3.8, 4) is 5.75 Å². The Hall–Kier alpha value is -3.23. The van der Waals surface area contributed by atoms with E-state index in [1.165, 1.54) is 6.07 Å². The number of nitrogens with zero attached hydrogens (tertiary/aromatic N) is 1. The predicted molar refractivity (Wildman–Crippen MR) is 125 cm³/mol. The molecule has 1 amide bonds. The van der Waals surface area contributed by atoms with Gasteiger partial charge in [-0.15, -0.1) is 0 Å². The van der Waals surface area contributed by atoms with Crippen LogP contribution in [0.4, 0.5) is 0 Å². The number of amides is 1. The largest absolute Gasteiger partial charge is 0.483 e. The highest BCUT2D eigenvalue weighted by Crippen LogP contribution is 2.18. The summed E-state index contributed by atoms with van der Waals surface area (Å²) in [7, 11) is 0.231. The molecule has 0 fully saturated rings. The van der Waals surface area contributed by atoms with Gasteiger partial charge in [0, 0.05) is 31.4 Å². The average Bonchev–Trinajstić information content (AvgIpc) is 2.78. The van der Waals surface area contributed by atoms with Crippen LogP contribution in [0.1, 0.15) is 35.6 Å². The number of carbonyl (C=O) groups is 1. The normalized spacial score (nSPS) is 11.9. The van der Waals surface area contributed by atoms with E-state index in [1.807, 2.05) is 50.2 Å². The van der Waals surface area contributed by atoms with E-state index in [4.69, 9.17) is 4.74 Å². The third kappa shape index (κ3) is 5.93. The molecule has 2 N–H and O–H groups in total. The zero-order chi connectivity index (χ0) is 23.1. The van der Waals surface area contributed by atoms with Gasteiger partial charge in [0.1, 0.15) is 17.6 Å². The molecule has 0 radical (unpaired) electrons. The second-order valence-corrected chi connectivity index (χ2v) is 8.84. The molecule has 3 aromatic rings. The molecule has 32 heavy (non-hydrogen) atoms. The van der Waals surface area contributed by atoms with Gasteiger partial charge in [0.2, 0.25) is 5.43 Å². The Morgan fingerprint density at radius 1 is 1.06 bits per heavy atom. The van der Waals surface area contributed by atoms with Crippen molar-refractivity contribution in [1.29, 1.82) is 0 Å². The van der Waals surface area contributed by atoms with Gasteiger partial charge in [0.25, 0.3) is 5.91 Å². The van der Waals surface area contributed by atoms with Crippen LogP contribution in [-0.2, 0) is 31.2 Å². The number of aromatic nitrogens is 1. The van der Waals surface area contributed by atoms with E-state index in [9.17, 15) is 13.8 Å². The zero-order valence-electron chi connectivity index (χ0n) is 18.3. The monoisotopic (exact) mass is 453 g/mol. The van der Waals surface area contributed by atoms with E-state index in [0.717, 1.165) is 5.56 Å². The van der Waals surface area contributed by atoms with Gasteiger partial charge in [-0.3, -0.25) is 9.59 Å². The molecule has 1 atom stereocenters. The smallest absolute Gasteiger partial charge is 0.272 e. The predicted octanol–water partition coefficient (Wildman–Crippen LogP) is 2.91. The number of pyridine rings is 1. The summed E-state index contributed by atoms with van der Waals surface area (Å²) in [5.74, 6) is -0.420. The maximum absolute atomic E-state index is 12.9. The summed E-state index contributed by atoms with van der Waals surface area (Å²) in [5.41, 5.74) is 1.12.